The Morgan fingerprint density at radius 1 is 1.14 bits per heavy atom. The van der Waals surface area contributed by atoms with Crippen LogP contribution in [-0.2, 0) is 10.0 Å². The molecule has 0 unspecified atom stereocenters. The summed E-state index contributed by atoms with van der Waals surface area (Å²) in [5.74, 6) is -0.698. The molecule has 1 N–H and O–H groups in total. The molecule has 0 fully saturated rings. The number of carboxylic acid groups (broad SMARTS) is 1. The van der Waals surface area contributed by atoms with Crippen molar-refractivity contribution < 1.29 is 23.1 Å². The monoisotopic (exact) mass is 420 g/mol. The molecule has 0 saturated carbocycles. The fourth-order valence-corrected chi connectivity index (χ4v) is 3.91. The molecule has 1 heterocycles. The third-order valence-electron chi connectivity index (χ3n) is 4.24. The maximum Gasteiger partial charge on any atom is 0.336 e. The molecule has 1 aromatic heterocycles. The van der Waals surface area contributed by atoms with Crippen LogP contribution < -0.4 is 4.74 Å². The Balaban J connectivity index is 2.24. The third-order valence-corrected chi connectivity index (χ3v) is 6.34. The zero-order valence-corrected chi connectivity index (χ0v) is 16.9. The summed E-state index contributed by atoms with van der Waals surface area (Å²) >= 11 is 6.16. The Labute approximate surface area is 167 Å². The lowest BCUT2D eigenvalue weighted by Crippen LogP contribution is -2.22. The second-order valence-corrected chi connectivity index (χ2v) is 8.73. The molecule has 0 aliphatic rings. The number of aromatic carboxylic acids is 1. The molecule has 2 aromatic carbocycles. The van der Waals surface area contributed by atoms with E-state index in [0.29, 0.717) is 27.5 Å². The largest absolute Gasteiger partial charge is 0.495 e. The van der Waals surface area contributed by atoms with E-state index < -0.39 is 16.0 Å². The molecule has 0 aliphatic heterocycles. The highest BCUT2D eigenvalue weighted by Crippen LogP contribution is 2.32. The molecular formula is C19H17ClN2O5S. The number of hydrogen-bond donors (Lipinski definition) is 1. The van der Waals surface area contributed by atoms with Gasteiger partial charge in [0.1, 0.15) is 5.75 Å². The van der Waals surface area contributed by atoms with Gasteiger partial charge in [-0.05, 0) is 42.5 Å². The summed E-state index contributed by atoms with van der Waals surface area (Å²) in [5.41, 5.74) is 1.32. The van der Waals surface area contributed by atoms with Gasteiger partial charge in [-0.1, -0.05) is 11.6 Å². The van der Waals surface area contributed by atoms with E-state index >= 15 is 0 Å². The number of halogens is 1. The summed E-state index contributed by atoms with van der Waals surface area (Å²) in [6.07, 6.45) is 0. The van der Waals surface area contributed by atoms with Crippen LogP contribution in [0.5, 0.6) is 5.75 Å². The first-order valence-corrected chi connectivity index (χ1v) is 9.91. The zero-order chi connectivity index (χ0) is 20.6. The first-order valence-electron chi connectivity index (χ1n) is 8.09. The second-order valence-electron chi connectivity index (χ2n) is 6.18. The topological polar surface area (TPSA) is 96.8 Å². The van der Waals surface area contributed by atoms with Crippen molar-refractivity contribution in [3.05, 3.63) is 53.1 Å². The number of rotatable bonds is 5. The van der Waals surface area contributed by atoms with E-state index in [-0.39, 0.29) is 15.8 Å². The molecule has 146 valence electrons. The average molecular weight is 421 g/mol. The molecule has 9 heteroatoms. The van der Waals surface area contributed by atoms with Crippen molar-refractivity contribution in [2.45, 2.75) is 4.90 Å². The highest BCUT2D eigenvalue weighted by atomic mass is 35.5. The molecule has 0 aliphatic carbocycles. The fraction of sp³-hybridized carbons (Fsp3) is 0.158. The Morgan fingerprint density at radius 2 is 1.86 bits per heavy atom. The summed E-state index contributed by atoms with van der Waals surface area (Å²) in [7, 11) is 0.610. The fourth-order valence-electron chi connectivity index (χ4n) is 2.73. The van der Waals surface area contributed by atoms with Crippen molar-refractivity contribution >= 4 is 38.5 Å². The van der Waals surface area contributed by atoms with Gasteiger partial charge in [0.25, 0.3) is 0 Å². The number of carbonyl (C=O) groups is 1. The Bertz CT molecular complexity index is 1190. The lowest BCUT2D eigenvalue weighted by atomic mass is 10.0. The summed E-state index contributed by atoms with van der Waals surface area (Å²) in [6.45, 7) is 0. The molecule has 0 spiro atoms. The maximum absolute atomic E-state index is 12.4. The number of benzene rings is 2. The van der Waals surface area contributed by atoms with E-state index in [1.54, 1.807) is 18.2 Å². The highest BCUT2D eigenvalue weighted by molar-refractivity contribution is 7.89. The van der Waals surface area contributed by atoms with E-state index in [4.69, 9.17) is 16.3 Å². The van der Waals surface area contributed by atoms with Gasteiger partial charge >= 0.3 is 5.97 Å². The van der Waals surface area contributed by atoms with Crippen LogP contribution in [-0.4, -0.2) is 50.0 Å². The molecule has 0 bridgehead atoms. The van der Waals surface area contributed by atoms with E-state index in [1.165, 1.54) is 45.5 Å². The van der Waals surface area contributed by atoms with Crippen molar-refractivity contribution in [2.75, 3.05) is 21.2 Å². The van der Waals surface area contributed by atoms with Gasteiger partial charge < -0.3 is 9.84 Å². The predicted molar refractivity (Wildman–Crippen MR) is 107 cm³/mol. The van der Waals surface area contributed by atoms with Crippen LogP contribution >= 0.6 is 11.6 Å². The molecule has 0 radical (unpaired) electrons. The Kier molecular flexibility index (Phi) is 5.29. The molecule has 3 rings (SSSR count). The van der Waals surface area contributed by atoms with Gasteiger partial charge in [-0.3, -0.25) is 0 Å². The number of pyridine rings is 1. The number of hydrogen-bond acceptors (Lipinski definition) is 5. The molecule has 0 saturated heterocycles. The van der Waals surface area contributed by atoms with Crippen LogP contribution in [0.3, 0.4) is 0 Å². The molecule has 0 amide bonds. The molecule has 0 atom stereocenters. The van der Waals surface area contributed by atoms with E-state index in [1.807, 2.05) is 0 Å². The average Bonchev–Trinajstić information content (AvgIpc) is 2.66. The predicted octanol–water partition coefficient (Wildman–Crippen LogP) is 3.51. The number of methoxy groups -OCH3 is 1. The number of fused-ring (bicyclic) bond motifs is 1. The van der Waals surface area contributed by atoms with Crippen LogP contribution in [0.15, 0.2) is 47.4 Å². The minimum Gasteiger partial charge on any atom is -0.495 e. The van der Waals surface area contributed by atoms with E-state index in [2.05, 4.69) is 4.98 Å². The Morgan fingerprint density at radius 3 is 2.43 bits per heavy atom. The Hall–Kier alpha value is -2.68. The van der Waals surface area contributed by atoms with E-state index in [9.17, 15) is 18.3 Å². The quantitative estimate of drug-likeness (QED) is 0.678. The first-order chi connectivity index (χ1) is 13.1. The lowest BCUT2D eigenvalue weighted by Gasteiger charge is -2.13. The van der Waals surface area contributed by atoms with Gasteiger partial charge in [0.15, 0.2) is 0 Å². The second kappa shape index (κ2) is 7.38. The van der Waals surface area contributed by atoms with Crippen LogP contribution in [0.2, 0.25) is 5.02 Å². The lowest BCUT2D eigenvalue weighted by molar-refractivity contribution is 0.0699. The van der Waals surface area contributed by atoms with Crippen LogP contribution in [0.25, 0.3) is 22.2 Å². The first kappa shape index (κ1) is 20.1. The zero-order valence-electron chi connectivity index (χ0n) is 15.3. The molecule has 7 nitrogen and oxygen atoms in total. The van der Waals surface area contributed by atoms with Crippen LogP contribution in [0.4, 0.5) is 0 Å². The van der Waals surface area contributed by atoms with Crippen molar-refractivity contribution in [1.82, 2.24) is 9.29 Å². The number of ether oxygens (including phenoxy) is 1. The van der Waals surface area contributed by atoms with Crippen molar-refractivity contribution in [3.63, 3.8) is 0 Å². The van der Waals surface area contributed by atoms with Crippen LogP contribution in [0, 0.1) is 0 Å². The molecular weight excluding hydrogens is 404 g/mol. The van der Waals surface area contributed by atoms with Crippen molar-refractivity contribution in [2.24, 2.45) is 0 Å². The summed E-state index contributed by atoms with van der Waals surface area (Å²) in [5, 5.41) is 10.3. The van der Waals surface area contributed by atoms with Crippen molar-refractivity contribution in [1.29, 1.82) is 0 Å². The summed E-state index contributed by atoms with van der Waals surface area (Å²) in [6, 6.07) is 10.6. The highest BCUT2D eigenvalue weighted by Gasteiger charge is 2.20. The van der Waals surface area contributed by atoms with Gasteiger partial charge in [0.05, 0.1) is 33.8 Å². The van der Waals surface area contributed by atoms with Gasteiger partial charge in [-0.15, -0.1) is 0 Å². The summed E-state index contributed by atoms with van der Waals surface area (Å²) < 4.78 is 30.9. The summed E-state index contributed by atoms with van der Waals surface area (Å²) in [4.78, 5) is 16.3. The van der Waals surface area contributed by atoms with Gasteiger partial charge in [-0.2, -0.15) is 0 Å². The standard InChI is InChI=1S/C19H17ClN2O5S/c1-22(2)28(25,26)12-5-6-16-13(9-12)14(19(23)24)10-17(21-16)11-4-7-18(27-3)15(20)8-11/h4-10H,1-3H3,(H,23,24). The third kappa shape index (κ3) is 3.54. The van der Waals surface area contributed by atoms with E-state index in [0.717, 1.165) is 4.31 Å². The number of carboxylic acids is 1. The van der Waals surface area contributed by atoms with Gasteiger partial charge in [0, 0.05) is 25.0 Å². The number of aromatic nitrogens is 1. The normalized spacial score (nSPS) is 11.8. The van der Waals surface area contributed by atoms with Crippen LogP contribution in [0.1, 0.15) is 10.4 Å². The maximum atomic E-state index is 12.4. The van der Waals surface area contributed by atoms with Crippen molar-refractivity contribution in [3.8, 4) is 17.0 Å². The smallest absolute Gasteiger partial charge is 0.336 e. The molecule has 28 heavy (non-hydrogen) atoms. The minimum atomic E-state index is -3.71. The number of nitrogens with zero attached hydrogens (tertiary/aromatic N) is 2. The van der Waals surface area contributed by atoms with Gasteiger partial charge in [0.2, 0.25) is 10.0 Å². The number of sulfonamides is 1. The molecule has 3 aromatic rings. The minimum absolute atomic E-state index is 0.00505. The SMILES string of the molecule is COc1ccc(-c2cc(C(=O)O)c3cc(S(=O)(=O)N(C)C)ccc3n2)cc1Cl. The van der Waals surface area contributed by atoms with Gasteiger partial charge in [-0.25, -0.2) is 22.5 Å².